The summed E-state index contributed by atoms with van der Waals surface area (Å²) in [4.78, 5) is 5.27. The van der Waals surface area contributed by atoms with Crippen molar-refractivity contribution in [1.29, 1.82) is 5.26 Å². The first-order valence-corrected chi connectivity index (χ1v) is 9.00. The fraction of sp³-hybridized carbons (Fsp3) is 0.250. The second-order valence-electron chi connectivity index (χ2n) is 4.83. The third-order valence-electron chi connectivity index (χ3n) is 3.08. The van der Waals surface area contributed by atoms with Crippen LogP contribution in [0.2, 0.25) is 0 Å². The highest BCUT2D eigenvalue weighted by Gasteiger charge is 2.15. The highest BCUT2D eigenvalue weighted by atomic mass is 32.2. The number of hydrogen-bond acceptors (Lipinski definition) is 8. The molecule has 1 aromatic carbocycles. The SMILES string of the molecule is Cc1nc(C)c(-c2nnc(SCCOc3ccccc3C#N)o2)s1. The summed E-state index contributed by atoms with van der Waals surface area (Å²) in [6.45, 7) is 4.32. The maximum Gasteiger partial charge on any atom is 0.277 e. The number of aromatic nitrogens is 3. The molecule has 0 amide bonds. The summed E-state index contributed by atoms with van der Waals surface area (Å²) in [7, 11) is 0. The molecule has 0 N–H and O–H groups in total. The normalized spacial score (nSPS) is 10.5. The fourth-order valence-electron chi connectivity index (χ4n) is 2.06. The van der Waals surface area contributed by atoms with E-state index in [-0.39, 0.29) is 0 Å². The molecule has 3 rings (SSSR count). The summed E-state index contributed by atoms with van der Waals surface area (Å²) in [5.41, 5.74) is 1.42. The third kappa shape index (κ3) is 3.75. The predicted octanol–water partition coefficient (Wildman–Crippen LogP) is 3.85. The largest absolute Gasteiger partial charge is 0.491 e. The molecule has 0 aliphatic carbocycles. The molecular weight excluding hydrogens is 344 g/mol. The van der Waals surface area contributed by atoms with E-state index >= 15 is 0 Å². The van der Waals surface area contributed by atoms with Gasteiger partial charge in [0.05, 0.1) is 22.9 Å². The molecule has 0 saturated heterocycles. The maximum atomic E-state index is 9.02. The van der Waals surface area contributed by atoms with E-state index in [1.54, 1.807) is 12.1 Å². The van der Waals surface area contributed by atoms with Gasteiger partial charge in [0.15, 0.2) is 0 Å². The lowest BCUT2D eigenvalue weighted by atomic mass is 10.2. The van der Waals surface area contributed by atoms with Crippen molar-refractivity contribution in [2.75, 3.05) is 12.4 Å². The van der Waals surface area contributed by atoms with Crippen LogP contribution in [-0.4, -0.2) is 27.5 Å². The molecule has 0 aliphatic rings. The molecule has 6 nitrogen and oxygen atoms in total. The van der Waals surface area contributed by atoms with Crippen LogP contribution in [-0.2, 0) is 0 Å². The number of rotatable bonds is 6. The molecule has 0 aliphatic heterocycles. The lowest BCUT2D eigenvalue weighted by Crippen LogP contribution is -2.01. The smallest absolute Gasteiger partial charge is 0.277 e. The zero-order valence-corrected chi connectivity index (χ0v) is 14.8. The minimum Gasteiger partial charge on any atom is -0.491 e. The number of para-hydroxylation sites is 1. The summed E-state index contributed by atoms with van der Waals surface area (Å²) >= 11 is 2.96. The number of benzene rings is 1. The van der Waals surface area contributed by atoms with E-state index in [4.69, 9.17) is 14.4 Å². The van der Waals surface area contributed by atoms with Gasteiger partial charge in [-0.15, -0.1) is 21.5 Å². The van der Waals surface area contributed by atoms with Gasteiger partial charge in [0.2, 0.25) is 0 Å². The Hall–Kier alpha value is -2.37. The molecule has 0 bridgehead atoms. The van der Waals surface area contributed by atoms with Crippen molar-refractivity contribution in [3.8, 4) is 22.6 Å². The molecule has 0 atom stereocenters. The lowest BCUT2D eigenvalue weighted by Gasteiger charge is -2.05. The van der Waals surface area contributed by atoms with Crippen LogP contribution < -0.4 is 4.74 Å². The van der Waals surface area contributed by atoms with Gasteiger partial charge >= 0.3 is 0 Å². The molecular formula is C16H14N4O2S2. The van der Waals surface area contributed by atoms with Crippen LogP contribution >= 0.6 is 23.1 Å². The summed E-state index contributed by atoms with van der Waals surface area (Å²) in [5.74, 6) is 1.72. The van der Waals surface area contributed by atoms with E-state index < -0.39 is 0 Å². The predicted molar refractivity (Wildman–Crippen MR) is 92.3 cm³/mol. The van der Waals surface area contributed by atoms with E-state index in [9.17, 15) is 0 Å². The molecule has 2 aromatic heterocycles. The average Bonchev–Trinajstić information content (AvgIpc) is 3.18. The minimum atomic E-state index is 0.444. The first-order chi connectivity index (χ1) is 11.7. The molecule has 8 heteroatoms. The van der Waals surface area contributed by atoms with Crippen molar-refractivity contribution in [2.45, 2.75) is 19.1 Å². The monoisotopic (exact) mass is 358 g/mol. The number of thiazole rings is 1. The van der Waals surface area contributed by atoms with Gasteiger partial charge in [-0.05, 0) is 26.0 Å². The maximum absolute atomic E-state index is 9.02. The Kier molecular flexibility index (Phi) is 5.13. The number of nitriles is 1. The Morgan fingerprint density at radius 2 is 2.12 bits per heavy atom. The van der Waals surface area contributed by atoms with Crippen molar-refractivity contribution >= 4 is 23.1 Å². The fourth-order valence-corrected chi connectivity index (χ4v) is 3.47. The number of thioether (sulfide) groups is 1. The van der Waals surface area contributed by atoms with Gasteiger partial charge in [-0.2, -0.15) is 5.26 Å². The number of aryl methyl sites for hydroxylation is 2. The van der Waals surface area contributed by atoms with E-state index in [1.807, 2.05) is 26.0 Å². The summed E-state index contributed by atoms with van der Waals surface area (Å²) in [6, 6.07) is 9.26. The third-order valence-corrected chi connectivity index (χ3v) is 4.92. The summed E-state index contributed by atoms with van der Waals surface area (Å²) in [6.07, 6.45) is 0. The van der Waals surface area contributed by atoms with E-state index in [2.05, 4.69) is 21.3 Å². The van der Waals surface area contributed by atoms with Crippen LogP contribution in [0, 0.1) is 25.2 Å². The topological polar surface area (TPSA) is 84.8 Å². The van der Waals surface area contributed by atoms with E-state index in [1.165, 1.54) is 23.1 Å². The Morgan fingerprint density at radius 3 is 2.88 bits per heavy atom. The van der Waals surface area contributed by atoms with Gasteiger partial charge in [0, 0.05) is 5.75 Å². The van der Waals surface area contributed by atoms with Crippen molar-refractivity contribution < 1.29 is 9.15 Å². The summed E-state index contributed by atoms with van der Waals surface area (Å²) < 4.78 is 11.3. The van der Waals surface area contributed by atoms with Crippen molar-refractivity contribution in [1.82, 2.24) is 15.2 Å². The van der Waals surface area contributed by atoms with Crippen LogP contribution in [0.5, 0.6) is 5.75 Å². The highest BCUT2D eigenvalue weighted by molar-refractivity contribution is 7.99. The Balaban J connectivity index is 1.55. The Labute approximate surface area is 147 Å². The van der Waals surface area contributed by atoms with Gasteiger partial charge < -0.3 is 9.15 Å². The molecule has 3 aromatic rings. The van der Waals surface area contributed by atoms with Crippen LogP contribution in [0.25, 0.3) is 10.8 Å². The van der Waals surface area contributed by atoms with Crippen molar-refractivity contribution in [3.05, 3.63) is 40.5 Å². The molecule has 122 valence electrons. The standard InChI is InChI=1S/C16H14N4O2S2/c1-10-14(24-11(2)18-10)15-19-20-16(22-15)23-8-7-21-13-6-4-3-5-12(13)9-17/h3-6H,7-8H2,1-2H3. The average molecular weight is 358 g/mol. The lowest BCUT2D eigenvalue weighted by molar-refractivity contribution is 0.342. The first kappa shape index (κ1) is 16.5. The second kappa shape index (κ2) is 7.47. The molecule has 0 spiro atoms. The Bertz CT molecular complexity index is 882. The van der Waals surface area contributed by atoms with Gasteiger partial charge in [0.25, 0.3) is 11.1 Å². The summed E-state index contributed by atoms with van der Waals surface area (Å²) in [5, 5.41) is 18.6. The van der Waals surface area contributed by atoms with Crippen molar-refractivity contribution in [3.63, 3.8) is 0 Å². The zero-order chi connectivity index (χ0) is 16.9. The Morgan fingerprint density at radius 1 is 1.29 bits per heavy atom. The number of hydrogen-bond donors (Lipinski definition) is 0. The molecule has 0 fully saturated rings. The number of nitrogens with zero attached hydrogens (tertiary/aromatic N) is 4. The van der Waals surface area contributed by atoms with E-state index in [0.717, 1.165) is 15.6 Å². The van der Waals surface area contributed by atoms with Gasteiger partial charge in [-0.25, -0.2) is 4.98 Å². The van der Waals surface area contributed by atoms with Crippen LogP contribution in [0.3, 0.4) is 0 Å². The second-order valence-corrected chi connectivity index (χ2v) is 7.07. The molecule has 0 saturated carbocycles. The van der Waals surface area contributed by atoms with Gasteiger partial charge in [-0.1, -0.05) is 23.9 Å². The number of ether oxygens (including phenoxy) is 1. The zero-order valence-electron chi connectivity index (χ0n) is 13.1. The van der Waals surface area contributed by atoms with Crippen LogP contribution in [0.1, 0.15) is 16.3 Å². The highest BCUT2D eigenvalue weighted by Crippen LogP contribution is 2.30. The molecule has 0 radical (unpaired) electrons. The van der Waals surface area contributed by atoms with Crippen LogP contribution in [0.15, 0.2) is 33.9 Å². The first-order valence-electron chi connectivity index (χ1n) is 7.20. The van der Waals surface area contributed by atoms with Gasteiger partial charge in [-0.3, -0.25) is 0 Å². The quantitative estimate of drug-likeness (QED) is 0.488. The molecule has 24 heavy (non-hydrogen) atoms. The van der Waals surface area contributed by atoms with Gasteiger partial charge in [0.1, 0.15) is 16.7 Å². The molecule has 2 heterocycles. The van der Waals surface area contributed by atoms with E-state index in [0.29, 0.717) is 34.8 Å². The van der Waals surface area contributed by atoms with Crippen LogP contribution in [0.4, 0.5) is 0 Å². The molecule has 0 unspecified atom stereocenters. The van der Waals surface area contributed by atoms with Crippen molar-refractivity contribution in [2.24, 2.45) is 0 Å². The minimum absolute atomic E-state index is 0.444.